The van der Waals surface area contributed by atoms with Crippen molar-refractivity contribution in [2.24, 2.45) is 0 Å². The monoisotopic (exact) mass is 595 g/mol. The summed E-state index contributed by atoms with van der Waals surface area (Å²) < 4.78 is 48.5. The van der Waals surface area contributed by atoms with E-state index >= 15 is 0 Å². The molecule has 0 saturated carbocycles. The van der Waals surface area contributed by atoms with Gasteiger partial charge in [0.25, 0.3) is 0 Å². The molecule has 1 aromatic carbocycles. The standard InChI is InChI=1S/C28H31F2N9O4/c1-3-5-21(38-26-18(16-32-38)25-33-24(22-6-4-11-43-22)35-39(25)28(31)34-26)27(40)37-9-7-36(8-10-37)23-19(29)14-17(15-20(23)30)42-13-12-41-2/h4,6,11,14-16,21H,3,5,7-10,12-13H2,1-2H3,(H2,31,34). The van der Waals surface area contributed by atoms with Crippen LogP contribution >= 0.6 is 0 Å². The molecule has 1 saturated heterocycles. The van der Waals surface area contributed by atoms with Crippen LogP contribution in [0.2, 0.25) is 0 Å². The van der Waals surface area contributed by atoms with Crippen LogP contribution in [0, 0.1) is 11.6 Å². The molecule has 15 heteroatoms. The predicted octanol–water partition coefficient (Wildman–Crippen LogP) is 3.31. The van der Waals surface area contributed by atoms with Crippen LogP contribution in [0.1, 0.15) is 25.8 Å². The number of amides is 1. The van der Waals surface area contributed by atoms with Gasteiger partial charge in [0.1, 0.15) is 24.1 Å². The van der Waals surface area contributed by atoms with Gasteiger partial charge in [0.05, 0.1) is 24.5 Å². The molecule has 43 heavy (non-hydrogen) atoms. The van der Waals surface area contributed by atoms with Crippen LogP contribution in [0.25, 0.3) is 28.3 Å². The molecule has 1 amide bonds. The van der Waals surface area contributed by atoms with Gasteiger partial charge in [-0.1, -0.05) is 13.3 Å². The molecule has 0 radical (unpaired) electrons. The third kappa shape index (κ3) is 5.31. The Bertz CT molecular complexity index is 1720. The second kappa shape index (κ2) is 11.8. The molecule has 1 aliphatic rings. The minimum atomic E-state index is -0.724. The number of hydrogen-bond donors (Lipinski definition) is 1. The van der Waals surface area contributed by atoms with Crippen molar-refractivity contribution in [2.45, 2.75) is 25.8 Å². The normalized spacial score (nSPS) is 14.6. The number of piperazine rings is 1. The van der Waals surface area contributed by atoms with Gasteiger partial charge in [-0.05, 0) is 18.6 Å². The van der Waals surface area contributed by atoms with Crippen LogP contribution in [-0.2, 0) is 9.53 Å². The fourth-order valence-corrected chi connectivity index (χ4v) is 5.32. The van der Waals surface area contributed by atoms with Gasteiger partial charge < -0.3 is 29.4 Å². The Morgan fingerprint density at radius 2 is 1.88 bits per heavy atom. The Kier molecular flexibility index (Phi) is 7.80. The highest BCUT2D eigenvalue weighted by Gasteiger charge is 2.32. The zero-order valence-electron chi connectivity index (χ0n) is 23.7. The lowest BCUT2D eigenvalue weighted by Crippen LogP contribution is -2.51. The summed E-state index contributed by atoms with van der Waals surface area (Å²) >= 11 is 0. The zero-order chi connectivity index (χ0) is 30.1. The van der Waals surface area contributed by atoms with Crippen LogP contribution in [0.3, 0.4) is 0 Å². The molecule has 5 heterocycles. The summed E-state index contributed by atoms with van der Waals surface area (Å²) in [6.45, 7) is 3.52. The quantitative estimate of drug-likeness (QED) is 0.239. The maximum absolute atomic E-state index is 14.9. The molecule has 4 aromatic heterocycles. The number of anilines is 2. The van der Waals surface area contributed by atoms with Crippen LogP contribution < -0.4 is 15.4 Å². The number of fused-ring (bicyclic) bond motifs is 3. The SMILES string of the molecule is CCCC(C(=O)N1CCN(c2c(F)cc(OCCOC)cc2F)CC1)n1ncc2c1nc(N)n1nc(-c3ccco3)nc21. The molecular formula is C28H31F2N9O4. The predicted molar refractivity (Wildman–Crippen MR) is 153 cm³/mol. The minimum Gasteiger partial charge on any atom is -0.491 e. The van der Waals surface area contributed by atoms with E-state index in [4.69, 9.17) is 19.6 Å². The lowest BCUT2D eigenvalue weighted by atomic mass is 10.1. The first-order valence-corrected chi connectivity index (χ1v) is 14.0. The van der Waals surface area contributed by atoms with Crippen LogP contribution in [0.5, 0.6) is 5.75 Å². The number of rotatable bonds is 10. The van der Waals surface area contributed by atoms with Gasteiger partial charge in [0.2, 0.25) is 17.7 Å². The van der Waals surface area contributed by atoms with E-state index in [0.29, 0.717) is 47.7 Å². The molecule has 2 N–H and O–H groups in total. The zero-order valence-corrected chi connectivity index (χ0v) is 23.7. The number of benzene rings is 1. The maximum atomic E-state index is 14.9. The summed E-state index contributed by atoms with van der Waals surface area (Å²) in [4.78, 5) is 26.2. The Hall–Kier alpha value is -4.79. The minimum absolute atomic E-state index is 0.0880. The summed E-state index contributed by atoms with van der Waals surface area (Å²) in [7, 11) is 1.52. The maximum Gasteiger partial charge on any atom is 0.247 e. The number of methoxy groups -OCH3 is 1. The van der Waals surface area contributed by atoms with E-state index in [9.17, 15) is 13.6 Å². The lowest BCUT2D eigenvalue weighted by Gasteiger charge is -2.37. The van der Waals surface area contributed by atoms with E-state index < -0.39 is 17.7 Å². The molecule has 1 atom stereocenters. The number of halogens is 2. The van der Waals surface area contributed by atoms with Crippen LogP contribution in [0.4, 0.5) is 20.4 Å². The van der Waals surface area contributed by atoms with Gasteiger partial charge in [-0.25, -0.2) is 18.4 Å². The molecule has 226 valence electrons. The van der Waals surface area contributed by atoms with E-state index in [1.54, 1.807) is 32.8 Å². The molecule has 1 aliphatic heterocycles. The van der Waals surface area contributed by atoms with Crippen molar-refractivity contribution >= 4 is 34.2 Å². The van der Waals surface area contributed by atoms with E-state index in [2.05, 4.69) is 20.2 Å². The van der Waals surface area contributed by atoms with E-state index in [0.717, 1.165) is 12.1 Å². The summed E-state index contributed by atoms with van der Waals surface area (Å²) in [5.41, 5.74) is 6.96. The average Bonchev–Trinajstić information content (AvgIpc) is 3.76. The van der Waals surface area contributed by atoms with Crippen molar-refractivity contribution in [2.75, 3.05) is 57.1 Å². The Morgan fingerprint density at radius 1 is 1.12 bits per heavy atom. The van der Waals surface area contributed by atoms with Gasteiger partial charge >= 0.3 is 0 Å². The van der Waals surface area contributed by atoms with Crippen LogP contribution in [-0.4, -0.2) is 86.7 Å². The van der Waals surface area contributed by atoms with Crippen LogP contribution in [0.15, 0.2) is 41.1 Å². The number of aromatic nitrogens is 6. The highest BCUT2D eigenvalue weighted by molar-refractivity contribution is 5.92. The summed E-state index contributed by atoms with van der Waals surface area (Å²) in [5.74, 6) is -0.604. The van der Waals surface area contributed by atoms with Crippen molar-refractivity contribution in [1.29, 1.82) is 0 Å². The largest absolute Gasteiger partial charge is 0.491 e. The smallest absolute Gasteiger partial charge is 0.247 e. The molecule has 0 spiro atoms. The highest BCUT2D eigenvalue weighted by atomic mass is 19.1. The van der Waals surface area contributed by atoms with Gasteiger partial charge in [-0.15, -0.1) is 5.10 Å². The Morgan fingerprint density at radius 3 is 2.56 bits per heavy atom. The number of furan rings is 1. The number of nitrogens with two attached hydrogens (primary N) is 1. The first kappa shape index (κ1) is 28.3. The molecule has 6 rings (SSSR count). The second-order valence-corrected chi connectivity index (χ2v) is 10.1. The Balaban J connectivity index is 1.22. The first-order valence-electron chi connectivity index (χ1n) is 14.0. The third-order valence-corrected chi connectivity index (χ3v) is 7.39. The molecule has 13 nitrogen and oxygen atoms in total. The average molecular weight is 596 g/mol. The lowest BCUT2D eigenvalue weighted by molar-refractivity contribution is -0.135. The number of ether oxygens (including phenoxy) is 2. The number of nitrogen functional groups attached to an aromatic ring is 1. The molecule has 0 aliphatic carbocycles. The highest BCUT2D eigenvalue weighted by Crippen LogP contribution is 2.31. The molecule has 1 unspecified atom stereocenters. The summed E-state index contributed by atoms with van der Waals surface area (Å²) in [6.07, 6.45) is 4.33. The van der Waals surface area contributed by atoms with Gasteiger partial charge in [-0.2, -0.15) is 14.6 Å². The van der Waals surface area contributed by atoms with Crippen molar-refractivity contribution in [3.63, 3.8) is 0 Å². The van der Waals surface area contributed by atoms with Crippen molar-refractivity contribution in [3.05, 3.63) is 48.4 Å². The summed E-state index contributed by atoms with van der Waals surface area (Å²) in [5, 5.41) is 9.53. The fraction of sp³-hybridized carbons (Fsp3) is 0.393. The van der Waals surface area contributed by atoms with Gasteiger partial charge in [0.15, 0.2) is 28.7 Å². The first-order chi connectivity index (χ1) is 20.9. The number of hydrogen-bond acceptors (Lipinski definition) is 10. The van der Waals surface area contributed by atoms with E-state index in [1.165, 1.54) is 17.9 Å². The molecule has 5 aromatic rings. The number of carbonyl (C=O) groups excluding carboxylic acids is 1. The van der Waals surface area contributed by atoms with Crippen molar-refractivity contribution < 1.29 is 27.5 Å². The van der Waals surface area contributed by atoms with E-state index in [-0.39, 0.29) is 56.1 Å². The Labute approximate surface area is 244 Å². The number of carbonyl (C=O) groups is 1. The van der Waals surface area contributed by atoms with Gasteiger partial charge in [-0.3, -0.25) is 4.79 Å². The van der Waals surface area contributed by atoms with Crippen molar-refractivity contribution in [3.8, 4) is 17.3 Å². The third-order valence-electron chi connectivity index (χ3n) is 7.39. The molecule has 1 fully saturated rings. The molecular weight excluding hydrogens is 564 g/mol. The fourth-order valence-electron chi connectivity index (χ4n) is 5.32. The van der Waals surface area contributed by atoms with Crippen molar-refractivity contribution in [1.82, 2.24) is 34.3 Å². The second-order valence-electron chi connectivity index (χ2n) is 10.1. The topological polar surface area (TPSA) is 142 Å². The van der Waals surface area contributed by atoms with Gasteiger partial charge in [0, 0.05) is 45.4 Å². The summed E-state index contributed by atoms with van der Waals surface area (Å²) in [6, 6.07) is 5.14. The number of nitrogens with zero attached hydrogens (tertiary/aromatic N) is 8. The van der Waals surface area contributed by atoms with E-state index in [1.807, 2.05) is 6.92 Å². The molecule has 0 bridgehead atoms.